The van der Waals surface area contributed by atoms with Crippen LogP contribution in [-0.2, 0) is 26.2 Å². The van der Waals surface area contributed by atoms with Gasteiger partial charge in [-0.3, -0.25) is 13.9 Å². The molecule has 0 aromatic heterocycles. The summed E-state index contributed by atoms with van der Waals surface area (Å²) in [5.74, 6) is -0.732. The fourth-order valence-electron chi connectivity index (χ4n) is 4.56. The highest BCUT2D eigenvalue weighted by atomic mass is 32.2. The number of sulfonamides is 1. The molecule has 214 valence electrons. The smallest absolute Gasteiger partial charge is 0.264 e. The third-order valence-corrected chi connectivity index (χ3v) is 8.72. The normalized spacial score (nSPS) is 12.1. The molecule has 0 radical (unpaired) electrons. The summed E-state index contributed by atoms with van der Waals surface area (Å²) in [5, 5.41) is 2.91. The van der Waals surface area contributed by atoms with Crippen molar-refractivity contribution in [3.63, 3.8) is 0 Å². The predicted octanol–water partition coefficient (Wildman–Crippen LogP) is 5.45. The molecule has 0 unspecified atom stereocenters. The molecule has 0 bridgehead atoms. The van der Waals surface area contributed by atoms with Gasteiger partial charge in [0.1, 0.15) is 12.6 Å². The molecule has 0 saturated carbocycles. The van der Waals surface area contributed by atoms with Crippen molar-refractivity contribution in [1.82, 2.24) is 10.2 Å². The Bertz CT molecular complexity index is 1430. The third kappa shape index (κ3) is 7.72. The number of carbonyl (C=O) groups excluding carboxylic acids is 2. The van der Waals surface area contributed by atoms with E-state index in [0.717, 1.165) is 40.7 Å². The summed E-state index contributed by atoms with van der Waals surface area (Å²) in [6, 6.07) is 19.0. The van der Waals surface area contributed by atoms with Crippen LogP contribution in [0.15, 0.2) is 71.6 Å². The van der Waals surface area contributed by atoms with Crippen molar-refractivity contribution < 1.29 is 18.0 Å². The van der Waals surface area contributed by atoms with Gasteiger partial charge in [0.05, 0.1) is 10.6 Å². The van der Waals surface area contributed by atoms with Gasteiger partial charge in [0.2, 0.25) is 11.8 Å². The van der Waals surface area contributed by atoms with Crippen LogP contribution in [0.1, 0.15) is 54.5 Å². The quantitative estimate of drug-likeness (QED) is 0.297. The maximum absolute atomic E-state index is 14.0. The summed E-state index contributed by atoms with van der Waals surface area (Å²) in [5.41, 5.74) is 4.97. The van der Waals surface area contributed by atoms with Gasteiger partial charge in [-0.05, 0) is 70.4 Å². The van der Waals surface area contributed by atoms with Crippen molar-refractivity contribution in [2.24, 2.45) is 0 Å². The van der Waals surface area contributed by atoms with Gasteiger partial charge >= 0.3 is 0 Å². The molecule has 40 heavy (non-hydrogen) atoms. The summed E-state index contributed by atoms with van der Waals surface area (Å²) in [7, 11) is -4.09. The van der Waals surface area contributed by atoms with Crippen molar-refractivity contribution in [3.05, 3.63) is 94.5 Å². The number of hydrogen-bond acceptors (Lipinski definition) is 4. The second-order valence-corrected chi connectivity index (χ2v) is 12.3. The van der Waals surface area contributed by atoms with E-state index in [1.54, 1.807) is 37.3 Å². The van der Waals surface area contributed by atoms with E-state index in [4.69, 9.17) is 0 Å². The van der Waals surface area contributed by atoms with Gasteiger partial charge in [0.15, 0.2) is 0 Å². The van der Waals surface area contributed by atoms with Crippen LogP contribution in [0.2, 0.25) is 0 Å². The van der Waals surface area contributed by atoms with Gasteiger partial charge in [-0.15, -0.1) is 0 Å². The summed E-state index contributed by atoms with van der Waals surface area (Å²) in [6.45, 7) is 11.6. The molecule has 0 heterocycles. The number of anilines is 1. The molecule has 0 aliphatic carbocycles. The molecule has 8 heteroatoms. The molecule has 3 aromatic rings. The second kappa shape index (κ2) is 13.6. The molecule has 1 N–H and O–H groups in total. The number of hydrogen-bond donors (Lipinski definition) is 1. The first kappa shape index (κ1) is 30.9. The van der Waals surface area contributed by atoms with Crippen molar-refractivity contribution in [2.45, 2.75) is 71.9 Å². The number of carbonyl (C=O) groups is 2. The molecule has 0 aliphatic heterocycles. The average molecular weight is 564 g/mol. The van der Waals surface area contributed by atoms with Gasteiger partial charge in [0, 0.05) is 13.1 Å². The van der Waals surface area contributed by atoms with Crippen molar-refractivity contribution in [1.29, 1.82) is 0 Å². The predicted molar refractivity (Wildman–Crippen MR) is 161 cm³/mol. The number of benzene rings is 3. The first-order valence-electron chi connectivity index (χ1n) is 13.7. The molecule has 2 amide bonds. The van der Waals surface area contributed by atoms with E-state index in [0.29, 0.717) is 12.2 Å². The van der Waals surface area contributed by atoms with Crippen LogP contribution in [-0.4, -0.2) is 44.3 Å². The number of amides is 2. The van der Waals surface area contributed by atoms with Crippen molar-refractivity contribution in [2.75, 3.05) is 17.4 Å². The van der Waals surface area contributed by atoms with Gasteiger partial charge in [-0.1, -0.05) is 78.6 Å². The highest BCUT2D eigenvalue weighted by Crippen LogP contribution is 2.28. The molecule has 0 spiro atoms. The van der Waals surface area contributed by atoms with Crippen LogP contribution >= 0.6 is 0 Å². The molecule has 0 aliphatic rings. The monoisotopic (exact) mass is 563 g/mol. The van der Waals surface area contributed by atoms with E-state index in [-0.39, 0.29) is 17.3 Å². The second-order valence-electron chi connectivity index (χ2n) is 10.4. The molecular weight excluding hydrogens is 522 g/mol. The highest BCUT2D eigenvalue weighted by Gasteiger charge is 2.33. The lowest BCUT2D eigenvalue weighted by molar-refractivity contribution is -0.139. The Hall–Kier alpha value is -3.65. The number of rotatable bonds is 12. The zero-order valence-electron chi connectivity index (χ0n) is 24.4. The topological polar surface area (TPSA) is 86.8 Å². The van der Waals surface area contributed by atoms with E-state index in [2.05, 4.69) is 5.32 Å². The molecule has 3 rings (SSSR count). The summed E-state index contributed by atoms with van der Waals surface area (Å²) in [4.78, 5) is 28.7. The third-order valence-electron chi connectivity index (χ3n) is 6.94. The Morgan fingerprint density at radius 3 is 2.15 bits per heavy atom. The highest BCUT2D eigenvalue weighted by molar-refractivity contribution is 7.92. The minimum atomic E-state index is -4.09. The van der Waals surface area contributed by atoms with E-state index < -0.39 is 28.5 Å². The van der Waals surface area contributed by atoms with Gasteiger partial charge in [-0.25, -0.2) is 8.42 Å². The van der Waals surface area contributed by atoms with Gasteiger partial charge in [0.25, 0.3) is 10.0 Å². The molecule has 1 atom stereocenters. The molecule has 0 fully saturated rings. The lowest BCUT2D eigenvalue weighted by Crippen LogP contribution is -2.51. The van der Waals surface area contributed by atoms with Crippen LogP contribution in [0.5, 0.6) is 0 Å². The van der Waals surface area contributed by atoms with E-state index in [1.807, 2.05) is 71.0 Å². The average Bonchev–Trinajstić information content (AvgIpc) is 2.90. The van der Waals surface area contributed by atoms with Gasteiger partial charge < -0.3 is 10.2 Å². The molecule has 3 aromatic carbocycles. The summed E-state index contributed by atoms with van der Waals surface area (Å²) < 4.78 is 29.2. The summed E-state index contributed by atoms with van der Waals surface area (Å²) >= 11 is 0. The number of aryl methyl sites for hydroxylation is 4. The molecule has 7 nitrogen and oxygen atoms in total. The Morgan fingerprint density at radius 1 is 0.875 bits per heavy atom. The van der Waals surface area contributed by atoms with Crippen LogP contribution in [0, 0.1) is 27.7 Å². The van der Waals surface area contributed by atoms with Crippen LogP contribution in [0.4, 0.5) is 5.69 Å². The fourth-order valence-corrected chi connectivity index (χ4v) is 6.04. The number of unbranched alkanes of at least 4 members (excludes halogenated alkanes) is 1. The first-order chi connectivity index (χ1) is 18.9. The fraction of sp³-hybridized carbons (Fsp3) is 0.375. The number of nitrogens with zero attached hydrogens (tertiary/aromatic N) is 2. The minimum absolute atomic E-state index is 0.0986. The van der Waals surface area contributed by atoms with Crippen LogP contribution in [0.25, 0.3) is 0 Å². The van der Waals surface area contributed by atoms with Crippen molar-refractivity contribution >= 4 is 27.5 Å². The number of nitrogens with one attached hydrogen (secondary N) is 1. The largest absolute Gasteiger partial charge is 0.354 e. The maximum atomic E-state index is 14.0. The first-order valence-corrected chi connectivity index (χ1v) is 15.2. The lowest BCUT2D eigenvalue weighted by atomic mass is 10.1. The van der Waals surface area contributed by atoms with Gasteiger partial charge in [-0.2, -0.15) is 0 Å². The maximum Gasteiger partial charge on any atom is 0.264 e. The van der Waals surface area contributed by atoms with Crippen LogP contribution in [0.3, 0.4) is 0 Å². The van der Waals surface area contributed by atoms with E-state index in [1.165, 1.54) is 9.21 Å². The lowest BCUT2D eigenvalue weighted by Gasteiger charge is -2.32. The molecule has 0 saturated heterocycles. The zero-order valence-corrected chi connectivity index (χ0v) is 25.2. The van der Waals surface area contributed by atoms with Crippen molar-refractivity contribution in [3.8, 4) is 0 Å². The van der Waals surface area contributed by atoms with E-state index >= 15 is 0 Å². The SMILES string of the molecule is CCCCNC(=O)[C@H](C)N(Cc1cccc(C)c1)C(=O)CN(c1ccc(C)cc1C)S(=O)(=O)c1ccc(C)cc1. The minimum Gasteiger partial charge on any atom is -0.354 e. The Kier molecular flexibility index (Phi) is 10.5. The zero-order chi connectivity index (χ0) is 29.4. The Labute approximate surface area is 239 Å². The summed E-state index contributed by atoms with van der Waals surface area (Å²) in [6.07, 6.45) is 1.77. The molecular formula is C32H41N3O4S. The van der Waals surface area contributed by atoms with Crippen LogP contribution < -0.4 is 9.62 Å². The Balaban J connectivity index is 2.04. The Morgan fingerprint density at radius 2 is 1.52 bits per heavy atom. The standard InChI is InChI=1S/C32H41N3O4S/c1-7-8-18-33-32(37)27(6)34(21-28-11-9-10-24(3)20-28)31(36)22-35(30-17-14-25(4)19-26(30)5)40(38,39)29-15-12-23(2)13-16-29/h9-17,19-20,27H,7-8,18,21-22H2,1-6H3,(H,33,37)/t27-/m0/s1. The van der Waals surface area contributed by atoms with E-state index in [9.17, 15) is 18.0 Å².